The van der Waals surface area contributed by atoms with E-state index in [2.05, 4.69) is 5.32 Å². The van der Waals surface area contributed by atoms with Crippen molar-refractivity contribution in [3.63, 3.8) is 0 Å². The molecule has 4 nitrogen and oxygen atoms in total. The van der Waals surface area contributed by atoms with Crippen LogP contribution in [0.2, 0.25) is 0 Å². The number of hydrogen-bond donors (Lipinski definition) is 1. The highest BCUT2D eigenvalue weighted by Gasteiger charge is 2.17. The van der Waals surface area contributed by atoms with Crippen LogP contribution in [0.3, 0.4) is 0 Å². The first-order valence-corrected chi connectivity index (χ1v) is 9.98. The molecule has 0 aliphatic rings. The lowest BCUT2D eigenvalue weighted by Gasteiger charge is -2.09. The number of hydrogen-bond acceptors (Lipinski definition) is 2. The van der Waals surface area contributed by atoms with E-state index in [4.69, 9.17) is 0 Å². The van der Waals surface area contributed by atoms with Crippen LogP contribution in [0.25, 0.3) is 17.0 Å². The van der Waals surface area contributed by atoms with Gasteiger partial charge in [0.15, 0.2) is 0 Å². The van der Waals surface area contributed by atoms with Gasteiger partial charge in [0.25, 0.3) is 5.91 Å². The van der Waals surface area contributed by atoms with E-state index in [0.717, 1.165) is 16.6 Å². The molecule has 1 amide bonds. The number of carbonyl (C=O) groups is 1. The van der Waals surface area contributed by atoms with Crippen LogP contribution in [0.15, 0.2) is 78.4 Å². The minimum atomic E-state index is -0.706. The number of anilines is 1. The number of benzene rings is 3. The molecule has 0 saturated heterocycles. The number of fused-ring (bicyclic) bond motifs is 1. The summed E-state index contributed by atoms with van der Waals surface area (Å²) in [6, 6.07) is 21.8. The molecule has 32 heavy (non-hydrogen) atoms. The van der Waals surface area contributed by atoms with Crippen molar-refractivity contribution >= 4 is 28.6 Å². The van der Waals surface area contributed by atoms with Gasteiger partial charge in [0.1, 0.15) is 23.3 Å². The fourth-order valence-corrected chi connectivity index (χ4v) is 3.69. The average Bonchev–Trinajstić information content (AvgIpc) is 3.06. The fraction of sp³-hybridized carbons (Fsp3) is 0.0769. The normalized spacial score (nSPS) is 11.4. The molecule has 0 aliphatic carbocycles. The summed E-state index contributed by atoms with van der Waals surface area (Å²) in [7, 11) is 0. The Morgan fingerprint density at radius 2 is 1.66 bits per heavy atom. The fourth-order valence-electron chi connectivity index (χ4n) is 3.69. The number of para-hydroxylation sites is 2. The van der Waals surface area contributed by atoms with Crippen LogP contribution in [-0.4, -0.2) is 10.5 Å². The average molecular weight is 427 g/mol. The summed E-state index contributed by atoms with van der Waals surface area (Å²) in [4.78, 5) is 12.7. The van der Waals surface area contributed by atoms with Crippen molar-refractivity contribution in [2.75, 3.05) is 5.32 Å². The molecule has 0 radical (unpaired) electrons. The Morgan fingerprint density at radius 3 is 2.38 bits per heavy atom. The van der Waals surface area contributed by atoms with Gasteiger partial charge in [-0.15, -0.1) is 0 Å². The Kier molecular flexibility index (Phi) is 5.82. The number of carbonyl (C=O) groups excluding carboxylic acids is 1. The minimum Gasteiger partial charge on any atom is -0.340 e. The number of aromatic nitrogens is 1. The number of rotatable bonds is 5. The van der Waals surface area contributed by atoms with Crippen LogP contribution in [0.5, 0.6) is 0 Å². The van der Waals surface area contributed by atoms with E-state index in [1.54, 1.807) is 24.3 Å². The summed E-state index contributed by atoms with van der Waals surface area (Å²) in [6.45, 7) is 2.16. The molecule has 0 fully saturated rings. The Hall–Kier alpha value is -4.24. The molecular weight excluding hydrogens is 408 g/mol. The summed E-state index contributed by atoms with van der Waals surface area (Å²) in [5.74, 6) is -1.59. The maximum absolute atomic E-state index is 14.3. The van der Waals surface area contributed by atoms with Gasteiger partial charge in [-0.05, 0) is 37.3 Å². The van der Waals surface area contributed by atoms with Crippen LogP contribution in [-0.2, 0) is 11.3 Å². The van der Waals surface area contributed by atoms with Gasteiger partial charge < -0.3 is 9.88 Å². The van der Waals surface area contributed by atoms with Crippen LogP contribution in [0, 0.1) is 29.9 Å². The largest absolute Gasteiger partial charge is 0.340 e. The lowest BCUT2D eigenvalue weighted by atomic mass is 10.1. The Balaban J connectivity index is 1.77. The highest BCUT2D eigenvalue weighted by molar-refractivity contribution is 6.11. The summed E-state index contributed by atoms with van der Waals surface area (Å²) in [5, 5.41) is 12.9. The zero-order chi connectivity index (χ0) is 22.7. The van der Waals surface area contributed by atoms with Crippen molar-refractivity contribution in [2.45, 2.75) is 13.5 Å². The molecule has 0 bridgehead atoms. The van der Waals surface area contributed by atoms with E-state index in [0.29, 0.717) is 17.7 Å². The molecule has 0 unspecified atom stereocenters. The standard InChI is InChI=1S/C26H19F2N3O/c1-17-21(14-19(15-29)26(32)30-24-12-6-5-11-23(24)28)20-9-3-7-13-25(20)31(17)16-18-8-2-4-10-22(18)27/h2-14H,16H2,1H3,(H,30,32). The molecule has 4 aromatic rings. The molecule has 0 atom stereocenters. The second-order valence-electron chi connectivity index (χ2n) is 7.30. The zero-order valence-electron chi connectivity index (χ0n) is 17.3. The lowest BCUT2D eigenvalue weighted by molar-refractivity contribution is -0.112. The van der Waals surface area contributed by atoms with E-state index in [1.807, 2.05) is 41.8 Å². The van der Waals surface area contributed by atoms with Crippen LogP contribution in [0.1, 0.15) is 16.8 Å². The van der Waals surface area contributed by atoms with E-state index in [9.17, 15) is 18.8 Å². The van der Waals surface area contributed by atoms with Gasteiger partial charge in [-0.2, -0.15) is 5.26 Å². The van der Waals surface area contributed by atoms with E-state index < -0.39 is 11.7 Å². The zero-order valence-corrected chi connectivity index (χ0v) is 17.3. The minimum absolute atomic E-state index is 0.00245. The summed E-state index contributed by atoms with van der Waals surface area (Å²) < 4.78 is 30.1. The third kappa shape index (κ3) is 4.01. The van der Waals surface area contributed by atoms with Crippen LogP contribution < -0.4 is 5.32 Å². The highest BCUT2D eigenvalue weighted by Crippen LogP contribution is 2.29. The van der Waals surface area contributed by atoms with Crippen molar-refractivity contribution in [2.24, 2.45) is 0 Å². The van der Waals surface area contributed by atoms with Crippen molar-refractivity contribution in [3.8, 4) is 6.07 Å². The van der Waals surface area contributed by atoms with Gasteiger partial charge in [-0.1, -0.05) is 48.5 Å². The first kappa shape index (κ1) is 21.0. The monoisotopic (exact) mass is 427 g/mol. The molecule has 3 aromatic carbocycles. The topological polar surface area (TPSA) is 57.8 Å². The molecule has 158 valence electrons. The van der Waals surface area contributed by atoms with Gasteiger partial charge in [-0.3, -0.25) is 4.79 Å². The lowest BCUT2D eigenvalue weighted by Crippen LogP contribution is -2.14. The Labute approximate surface area is 184 Å². The number of nitriles is 1. The number of nitrogens with zero attached hydrogens (tertiary/aromatic N) is 2. The predicted molar refractivity (Wildman–Crippen MR) is 121 cm³/mol. The molecule has 0 aliphatic heterocycles. The maximum atomic E-state index is 14.3. The molecule has 4 rings (SSSR count). The third-order valence-electron chi connectivity index (χ3n) is 5.34. The van der Waals surface area contributed by atoms with Crippen molar-refractivity contribution in [3.05, 3.63) is 107 Å². The molecule has 0 saturated carbocycles. The van der Waals surface area contributed by atoms with Crippen LogP contribution >= 0.6 is 0 Å². The van der Waals surface area contributed by atoms with E-state index >= 15 is 0 Å². The van der Waals surface area contributed by atoms with Gasteiger partial charge in [-0.25, -0.2) is 8.78 Å². The predicted octanol–water partition coefficient (Wildman–Crippen LogP) is 5.82. The van der Waals surface area contributed by atoms with Gasteiger partial charge in [0.05, 0.1) is 12.2 Å². The number of halogens is 2. The molecule has 1 N–H and O–H groups in total. The van der Waals surface area contributed by atoms with Crippen LogP contribution in [0.4, 0.5) is 14.5 Å². The molecule has 6 heteroatoms. The summed E-state index contributed by atoms with van der Waals surface area (Å²) in [6.07, 6.45) is 1.49. The van der Waals surface area contributed by atoms with Gasteiger partial charge >= 0.3 is 0 Å². The smallest absolute Gasteiger partial charge is 0.266 e. The van der Waals surface area contributed by atoms with Crippen molar-refractivity contribution in [1.82, 2.24) is 4.57 Å². The summed E-state index contributed by atoms with van der Waals surface area (Å²) in [5.41, 5.74) is 2.68. The summed E-state index contributed by atoms with van der Waals surface area (Å²) >= 11 is 0. The Bertz CT molecular complexity index is 1400. The van der Waals surface area contributed by atoms with Crippen molar-refractivity contribution < 1.29 is 13.6 Å². The Morgan fingerprint density at radius 1 is 1.00 bits per heavy atom. The first-order valence-electron chi connectivity index (χ1n) is 9.98. The number of nitrogens with one attached hydrogen (secondary N) is 1. The second-order valence-corrected chi connectivity index (χ2v) is 7.30. The molecule has 1 heterocycles. The quantitative estimate of drug-likeness (QED) is 0.322. The maximum Gasteiger partial charge on any atom is 0.266 e. The molecule has 0 spiro atoms. The SMILES string of the molecule is Cc1c(C=C(C#N)C(=O)Nc2ccccc2F)c2ccccc2n1Cc1ccccc1F. The van der Waals surface area contributed by atoms with E-state index in [1.165, 1.54) is 30.3 Å². The first-order chi connectivity index (χ1) is 15.5. The van der Waals surface area contributed by atoms with Crippen molar-refractivity contribution in [1.29, 1.82) is 5.26 Å². The third-order valence-corrected chi connectivity index (χ3v) is 5.34. The highest BCUT2D eigenvalue weighted by atomic mass is 19.1. The van der Waals surface area contributed by atoms with E-state index in [-0.39, 0.29) is 17.1 Å². The second kappa shape index (κ2) is 8.86. The molecule has 1 aromatic heterocycles. The van der Waals surface area contributed by atoms with Gasteiger partial charge in [0, 0.05) is 27.7 Å². The number of amides is 1. The van der Waals surface area contributed by atoms with Gasteiger partial charge in [0.2, 0.25) is 0 Å². The molecular formula is C26H19F2N3O.